The number of aliphatic carboxylic acids is 1. The van der Waals surface area contributed by atoms with Gasteiger partial charge in [0.15, 0.2) is 0 Å². The molecule has 6 nitrogen and oxygen atoms in total. The lowest BCUT2D eigenvalue weighted by Crippen LogP contribution is -2.39. The van der Waals surface area contributed by atoms with Crippen LogP contribution in [-0.4, -0.2) is 28.0 Å². The first kappa shape index (κ1) is 20.0. The second-order valence-electron chi connectivity index (χ2n) is 6.40. The number of carbonyl (C=O) groups is 2. The molecule has 0 aliphatic carbocycles. The van der Waals surface area contributed by atoms with Crippen LogP contribution in [0.1, 0.15) is 12.6 Å². The lowest BCUT2D eigenvalue weighted by Gasteiger charge is -2.10. The Balaban J connectivity index is 1.67. The second-order valence-corrected chi connectivity index (χ2v) is 6.40. The van der Waals surface area contributed by atoms with Gasteiger partial charge in [-0.3, -0.25) is 14.6 Å². The van der Waals surface area contributed by atoms with Crippen molar-refractivity contribution in [2.45, 2.75) is 19.4 Å². The Morgan fingerprint density at radius 3 is 2.28 bits per heavy atom. The molecule has 1 amide bonds. The zero-order valence-corrected chi connectivity index (χ0v) is 15.6. The number of benzene rings is 2. The summed E-state index contributed by atoms with van der Waals surface area (Å²) in [5, 5.41) is 11.3. The molecular formula is C22H19FN2O4. The number of nitrogens with zero attached hydrogens (tertiary/aromatic N) is 1. The van der Waals surface area contributed by atoms with Crippen molar-refractivity contribution in [3.05, 3.63) is 78.2 Å². The predicted octanol–water partition coefficient (Wildman–Crippen LogP) is 3.81. The van der Waals surface area contributed by atoms with E-state index < -0.39 is 17.9 Å². The molecule has 0 saturated heterocycles. The van der Waals surface area contributed by atoms with E-state index in [1.54, 1.807) is 36.4 Å². The van der Waals surface area contributed by atoms with Crippen molar-refractivity contribution in [2.24, 2.45) is 0 Å². The standard InChI is InChI=1S/C22H19FN2O4/c1-14(22(27)28)24-21(26)13-17-3-2-4-20(25-17)15-5-9-18(10-6-15)29-19-11-7-16(23)8-12-19/h2-12,14H,13H2,1H3,(H,24,26)(H,27,28)/t14-/m0/s1. The first-order chi connectivity index (χ1) is 13.9. The van der Waals surface area contributed by atoms with Crippen LogP contribution in [0.4, 0.5) is 4.39 Å². The van der Waals surface area contributed by atoms with Gasteiger partial charge < -0.3 is 15.2 Å². The van der Waals surface area contributed by atoms with Crippen LogP contribution in [0.15, 0.2) is 66.7 Å². The number of aromatic nitrogens is 1. The molecular weight excluding hydrogens is 375 g/mol. The molecule has 148 valence electrons. The van der Waals surface area contributed by atoms with Crippen LogP contribution in [0.25, 0.3) is 11.3 Å². The van der Waals surface area contributed by atoms with Gasteiger partial charge in [0.2, 0.25) is 5.91 Å². The van der Waals surface area contributed by atoms with Gasteiger partial charge in [-0.05, 0) is 67.6 Å². The number of pyridine rings is 1. The third kappa shape index (κ3) is 5.62. The fourth-order valence-electron chi connectivity index (χ4n) is 2.59. The summed E-state index contributed by atoms with van der Waals surface area (Å²) in [6.07, 6.45) is -0.0166. The van der Waals surface area contributed by atoms with Crippen LogP contribution < -0.4 is 10.1 Å². The zero-order valence-electron chi connectivity index (χ0n) is 15.6. The van der Waals surface area contributed by atoms with E-state index in [0.717, 1.165) is 5.56 Å². The molecule has 2 aromatic carbocycles. The second kappa shape index (κ2) is 8.97. The molecule has 3 rings (SSSR count). The van der Waals surface area contributed by atoms with Crippen LogP contribution in [0.2, 0.25) is 0 Å². The molecule has 7 heteroatoms. The van der Waals surface area contributed by atoms with Crippen molar-refractivity contribution in [1.82, 2.24) is 10.3 Å². The number of carboxylic acids is 1. The van der Waals surface area contributed by atoms with Gasteiger partial charge in [0, 0.05) is 5.56 Å². The molecule has 0 bridgehead atoms. The SMILES string of the molecule is C[C@H](NC(=O)Cc1cccc(-c2ccc(Oc3ccc(F)cc3)cc2)n1)C(=O)O. The number of hydrogen-bond acceptors (Lipinski definition) is 4. The summed E-state index contributed by atoms with van der Waals surface area (Å²) in [5.74, 6) is -0.709. The third-order valence-electron chi connectivity index (χ3n) is 4.10. The largest absolute Gasteiger partial charge is 0.480 e. The van der Waals surface area contributed by atoms with E-state index in [9.17, 15) is 14.0 Å². The summed E-state index contributed by atoms with van der Waals surface area (Å²) >= 11 is 0. The molecule has 0 radical (unpaired) electrons. The summed E-state index contributed by atoms with van der Waals surface area (Å²) in [5.41, 5.74) is 2.04. The van der Waals surface area contributed by atoms with Gasteiger partial charge in [0.05, 0.1) is 17.8 Å². The van der Waals surface area contributed by atoms with Gasteiger partial charge in [-0.25, -0.2) is 4.39 Å². The Bertz CT molecular complexity index is 1000. The van der Waals surface area contributed by atoms with Crippen molar-refractivity contribution >= 4 is 11.9 Å². The normalized spacial score (nSPS) is 11.5. The minimum Gasteiger partial charge on any atom is -0.480 e. The van der Waals surface area contributed by atoms with Crippen molar-refractivity contribution in [3.63, 3.8) is 0 Å². The average Bonchev–Trinajstić information content (AvgIpc) is 2.70. The number of nitrogens with one attached hydrogen (secondary N) is 1. The van der Waals surface area contributed by atoms with E-state index >= 15 is 0 Å². The molecule has 2 N–H and O–H groups in total. The first-order valence-corrected chi connectivity index (χ1v) is 8.92. The molecule has 0 saturated carbocycles. The topological polar surface area (TPSA) is 88.5 Å². The maximum Gasteiger partial charge on any atom is 0.325 e. The van der Waals surface area contributed by atoms with Crippen molar-refractivity contribution in [2.75, 3.05) is 0 Å². The number of rotatable bonds is 7. The Morgan fingerprint density at radius 2 is 1.66 bits per heavy atom. The average molecular weight is 394 g/mol. The lowest BCUT2D eigenvalue weighted by molar-refractivity contribution is -0.141. The molecule has 0 aliphatic rings. The highest BCUT2D eigenvalue weighted by molar-refractivity contribution is 5.84. The van der Waals surface area contributed by atoms with E-state index in [1.165, 1.54) is 19.1 Å². The van der Waals surface area contributed by atoms with Gasteiger partial charge in [-0.1, -0.05) is 6.07 Å². The van der Waals surface area contributed by atoms with E-state index in [2.05, 4.69) is 10.3 Å². The summed E-state index contributed by atoms with van der Waals surface area (Å²) < 4.78 is 18.6. The van der Waals surface area contributed by atoms with Crippen LogP contribution in [-0.2, 0) is 16.0 Å². The fourth-order valence-corrected chi connectivity index (χ4v) is 2.59. The quantitative estimate of drug-likeness (QED) is 0.636. The monoisotopic (exact) mass is 394 g/mol. The fraction of sp³-hybridized carbons (Fsp3) is 0.136. The maximum atomic E-state index is 13.0. The minimum atomic E-state index is -1.09. The van der Waals surface area contributed by atoms with Gasteiger partial charge in [-0.2, -0.15) is 0 Å². The van der Waals surface area contributed by atoms with Crippen LogP contribution in [0.5, 0.6) is 11.5 Å². The summed E-state index contributed by atoms with van der Waals surface area (Å²) in [6.45, 7) is 1.40. The molecule has 0 unspecified atom stereocenters. The van der Waals surface area contributed by atoms with E-state index in [0.29, 0.717) is 22.9 Å². The van der Waals surface area contributed by atoms with Crippen LogP contribution >= 0.6 is 0 Å². The number of carboxylic acid groups (broad SMARTS) is 1. The molecule has 0 spiro atoms. The van der Waals surface area contributed by atoms with Crippen molar-refractivity contribution in [3.8, 4) is 22.8 Å². The highest BCUT2D eigenvalue weighted by Crippen LogP contribution is 2.25. The van der Waals surface area contributed by atoms with E-state index in [1.807, 2.05) is 18.2 Å². The third-order valence-corrected chi connectivity index (χ3v) is 4.10. The van der Waals surface area contributed by atoms with Crippen molar-refractivity contribution in [1.29, 1.82) is 0 Å². The van der Waals surface area contributed by atoms with Crippen molar-refractivity contribution < 1.29 is 23.8 Å². The van der Waals surface area contributed by atoms with E-state index in [-0.39, 0.29) is 12.2 Å². The molecule has 29 heavy (non-hydrogen) atoms. The smallest absolute Gasteiger partial charge is 0.325 e. The van der Waals surface area contributed by atoms with Gasteiger partial charge in [-0.15, -0.1) is 0 Å². The van der Waals surface area contributed by atoms with Crippen LogP contribution in [0.3, 0.4) is 0 Å². The number of hydrogen-bond donors (Lipinski definition) is 2. The first-order valence-electron chi connectivity index (χ1n) is 8.92. The summed E-state index contributed by atoms with van der Waals surface area (Å²) in [6, 6.07) is 17.3. The zero-order chi connectivity index (χ0) is 20.8. The molecule has 3 aromatic rings. The molecule has 0 aliphatic heterocycles. The maximum absolute atomic E-state index is 13.0. The molecule has 1 heterocycles. The highest BCUT2D eigenvalue weighted by atomic mass is 19.1. The molecule has 1 atom stereocenters. The molecule has 1 aromatic heterocycles. The number of carbonyl (C=O) groups excluding carboxylic acids is 1. The summed E-state index contributed by atoms with van der Waals surface area (Å²) in [4.78, 5) is 27.3. The van der Waals surface area contributed by atoms with Gasteiger partial charge in [0.1, 0.15) is 23.4 Å². The number of amides is 1. The van der Waals surface area contributed by atoms with Crippen LogP contribution in [0, 0.1) is 5.82 Å². The van der Waals surface area contributed by atoms with Gasteiger partial charge in [0.25, 0.3) is 0 Å². The number of ether oxygens (including phenoxy) is 1. The Hall–Kier alpha value is -3.74. The Kier molecular flexibility index (Phi) is 6.19. The summed E-state index contributed by atoms with van der Waals surface area (Å²) in [7, 11) is 0. The van der Waals surface area contributed by atoms with Gasteiger partial charge >= 0.3 is 5.97 Å². The molecule has 0 fully saturated rings. The Labute approximate surface area is 167 Å². The minimum absolute atomic E-state index is 0.0166. The Morgan fingerprint density at radius 1 is 1.03 bits per heavy atom. The number of halogens is 1. The van der Waals surface area contributed by atoms with E-state index in [4.69, 9.17) is 9.84 Å². The lowest BCUT2D eigenvalue weighted by atomic mass is 10.1. The predicted molar refractivity (Wildman–Crippen MR) is 105 cm³/mol. The highest BCUT2D eigenvalue weighted by Gasteiger charge is 2.14.